The molecule has 0 radical (unpaired) electrons. The van der Waals surface area contributed by atoms with E-state index in [1.807, 2.05) is 13.8 Å². The van der Waals surface area contributed by atoms with E-state index in [4.69, 9.17) is 16.5 Å². The van der Waals surface area contributed by atoms with Crippen LogP contribution in [0.25, 0.3) is 10.2 Å². The van der Waals surface area contributed by atoms with Crippen LogP contribution < -0.4 is 11.5 Å². The molecule has 2 aromatic heterocycles. The second-order valence-electron chi connectivity index (χ2n) is 6.90. The van der Waals surface area contributed by atoms with Crippen LogP contribution in [0.15, 0.2) is 6.07 Å². The molecule has 0 spiro atoms. The van der Waals surface area contributed by atoms with Crippen molar-refractivity contribution in [1.29, 1.82) is 0 Å². The number of nitrogens with zero attached hydrogens (tertiary/aromatic N) is 1. The zero-order valence-electron chi connectivity index (χ0n) is 16.2. The molecule has 2 heterocycles. The second kappa shape index (κ2) is 8.82. The van der Waals surface area contributed by atoms with Gasteiger partial charge in [0.25, 0.3) is 5.91 Å². The van der Waals surface area contributed by atoms with Crippen LogP contribution in [0.5, 0.6) is 0 Å². The number of anilines is 1. The summed E-state index contributed by atoms with van der Waals surface area (Å²) in [7, 11) is 0. The molecule has 1 amide bonds. The van der Waals surface area contributed by atoms with E-state index in [1.54, 1.807) is 0 Å². The molecule has 1 aliphatic carbocycles. The van der Waals surface area contributed by atoms with Gasteiger partial charge in [-0.15, -0.1) is 11.3 Å². The van der Waals surface area contributed by atoms with Crippen LogP contribution in [-0.2, 0) is 6.42 Å². The summed E-state index contributed by atoms with van der Waals surface area (Å²) in [4.78, 5) is 17.6. The molecule has 0 aromatic carbocycles. The third kappa shape index (κ3) is 4.01. The number of primary amides is 1. The van der Waals surface area contributed by atoms with Crippen LogP contribution in [0.1, 0.15) is 80.2 Å². The fourth-order valence-electron chi connectivity index (χ4n) is 3.73. The summed E-state index contributed by atoms with van der Waals surface area (Å²) in [5, 5.41) is 10.9. The highest BCUT2D eigenvalue weighted by atomic mass is 32.1. The summed E-state index contributed by atoms with van der Waals surface area (Å²) in [5.74, 6) is 0.142. The molecule has 2 aromatic rings. The maximum Gasteiger partial charge on any atom is 0.260 e. The first-order valence-corrected chi connectivity index (χ1v) is 10.4. The van der Waals surface area contributed by atoms with Crippen molar-refractivity contribution in [2.45, 2.75) is 71.8 Å². The predicted molar refractivity (Wildman–Crippen MR) is 110 cm³/mol. The fraction of sp³-hybridized carbons (Fsp3) is 0.600. The Hall–Kier alpha value is -1.66. The van der Waals surface area contributed by atoms with Crippen molar-refractivity contribution in [1.82, 2.24) is 4.98 Å². The molecule has 1 aliphatic rings. The topological polar surface area (TPSA) is 102 Å². The number of nitrogens with two attached hydrogens (primary N) is 2. The van der Waals surface area contributed by atoms with Crippen LogP contribution in [-0.4, -0.2) is 22.1 Å². The average Bonchev–Trinajstić information content (AvgIpc) is 2.96. The summed E-state index contributed by atoms with van der Waals surface area (Å²) >= 11 is 1.29. The molecule has 1 fully saturated rings. The highest BCUT2D eigenvalue weighted by molar-refractivity contribution is 7.21. The molecule has 0 bridgehead atoms. The van der Waals surface area contributed by atoms with Crippen LogP contribution >= 0.6 is 11.3 Å². The van der Waals surface area contributed by atoms with Gasteiger partial charge in [0.05, 0.1) is 11.8 Å². The lowest BCUT2D eigenvalue weighted by Gasteiger charge is -2.31. The minimum atomic E-state index is -0.492. The number of fused-ring (bicyclic) bond motifs is 1. The van der Waals surface area contributed by atoms with E-state index < -0.39 is 5.91 Å². The Labute approximate surface area is 159 Å². The van der Waals surface area contributed by atoms with E-state index in [1.165, 1.54) is 11.3 Å². The molecule has 5 N–H and O–H groups in total. The number of aryl methyl sites for hydroxylation is 1. The van der Waals surface area contributed by atoms with Gasteiger partial charge in [0.1, 0.15) is 9.71 Å². The van der Waals surface area contributed by atoms with Gasteiger partial charge in [0.2, 0.25) is 0 Å². The van der Waals surface area contributed by atoms with Crippen molar-refractivity contribution >= 4 is 33.1 Å². The van der Waals surface area contributed by atoms with E-state index in [0.717, 1.165) is 53.6 Å². The molecule has 3 rings (SSSR count). The number of aliphatic hydroxyl groups excluding tert-OH is 1. The Kier molecular flexibility index (Phi) is 7.01. The first kappa shape index (κ1) is 20.6. The van der Waals surface area contributed by atoms with E-state index >= 15 is 0 Å². The van der Waals surface area contributed by atoms with Gasteiger partial charge in [0, 0.05) is 17.0 Å². The maximum absolute atomic E-state index is 11.6. The number of carbonyl (C=O) groups excluding carboxylic acids is 1. The molecule has 144 valence electrons. The minimum Gasteiger partial charge on any atom is -0.397 e. The lowest BCUT2D eigenvalue weighted by atomic mass is 9.78. The zero-order valence-corrected chi connectivity index (χ0v) is 17.0. The lowest BCUT2D eigenvalue weighted by Crippen LogP contribution is -2.26. The third-order valence-electron chi connectivity index (χ3n) is 5.09. The molecule has 26 heavy (non-hydrogen) atoms. The molecular weight excluding hydrogens is 346 g/mol. The molecule has 5 nitrogen and oxygen atoms in total. The summed E-state index contributed by atoms with van der Waals surface area (Å²) < 4.78 is 0. The molecule has 3 atom stereocenters. The quantitative estimate of drug-likeness (QED) is 0.742. The SMILES string of the molecule is CC.CCCc1cc(C2CCC(O)C(C)C2)nc2sc(C(N)=O)c(N)c12. The number of thiophene rings is 1. The molecular formula is C20H31N3O2S. The smallest absolute Gasteiger partial charge is 0.260 e. The molecule has 0 saturated heterocycles. The van der Waals surface area contributed by atoms with Gasteiger partial charge in [-0.25, -0.2) is 4.98 Å². The lowest BCUT2D eigenvalue weighted by molar-refractivity contribution is 0.0707. The van der Waals surface area contributed by atoms with Crippen LogP contribution in [0.4, 0.5) is 5.69 Å². The van der Waals surface area contributed by atoms with Crippen molar-refractivity contribution in [2.24, 2.45) is 11.7 Å². The second-order valence-corrected chi connectivity index (χ2v) is 7.90. The standard InChI is InChI=1S/C18H25N3O2S.C2H6/c1-3-4-11-8-12(10-5-6-13(22)9(2)7-10)21-18-14(11)15(19)16(24-18)17(20)23;1-2/h8-10,13,22H,3-7,19H2,1-2H3,(H2,20,23);1-2H3. The van der Waals surface area contributed by atoms with Crippen molar-refractivity contribution in [3.63, 3.8) is 0 Å². The number of carbonyl (C=O) groups is 1. The van der Waals surface area contributed by atoms with Crippen LogP contribution in [0.3, 0.4) is 0 Å². The highest BCUT2D eigenvalue weighted by Gasteiger charge is 2.29. The Morgan fingerprint density at radius 2 is 2.08 bits per heavy atom. The first-order valence-electron chi connectivity index (χ1n) is 9.62. The zero-order chi connectivity index (χ0) is 19.4. The largest absolute Gasteiger partial charge is 0.397 e. The Bertz CT molecular complexity index is 772. The van der Waals surface area contributed by atoms with Gasteiger partial charge in [-0.05, 0) is 43.2 Å². The molecule has 1 saturated carbocycles. The number of hydrogen-bond acceptors (Lipinski definition) is 5. The van der Waals surface area contributed by atoms with E-state index in [9.17, 15) is 9.90 Å². The highest BCUT2D eigenvalue weighted by Crippen LogP contribution is 2.40. The molecule has 3 unspecified atom stereocenters. The number of hydrogen-bond donors (Lipinski definition) is 3. The number of pyridine rings is 1. The number of aromatic nitrogens is 1. The predicted octanol–water partition coefficient (Wildman–Crippen LogP) is 4.22. The van der Waals surface area contributed by atoms with Crippen LogP contribution in [0.2, 0.25) is 0 Å². The fourth-order valence-corrected chi connectivity index (χ4v) is 4.73. The minimum absolute atomic E-state index is 0.209. The Morgan fingerprint density at radius 3 is 2.65 bits per heavy atom. The van der Waals surface area contributed by atoms with Crippen molar-refractivity contribution < 1.29 is 9.90 Å². The van der Waals surface area contributed by atoms with Crippen molar-refractivity contribution in [3.05, 3.63) is 22.2 Å². The summed E-state index contributed by atoms with van der Waals surface area (Å²) in [5.41, 5.74) is 14.3. The van der Waals surface area contributed by atoms with Gasteiger partial charge in [-0.1, -0.05) is 34.1 Å². The molecule has 6 heteroatoms. The van der Waals surface area contributed by atoms with Crippen molar-refractivity contribution in [3.8, 4) is 0 Å². The Balaban J connectivity index is 0.00000117. The average molecular weight is 378 g/mol. The van der Waals surface area contributed by atoms with E-state index in [-0.39, 0.29) is 12.0 Å². The summed E-state index contributed by atoms with van der Waals surface area (Å²) in [6.07, 6.45) is 4.39. The normalized spacial score (nSPS) is 22.7. The van der Waals surface area contributed by atoms with Gasteiger partial charge in [-0.3, -0.25) is 4.79 Å². The van der Waals surface area contributed by atoms with E-state index in [0.29, 0.717) is 16.5 Å². The number of nitrogen functional groups attached to an aromatic ring is 1. The number of amides is 1. The van der Waals surface area contributed by atoms with Gasteiger partial charge in [0.15, 0.2) is 0 Å². The number of rotatable bonds is 4. The van der Waals surface area contributed by atoms with Crippen molar-refractivity contribution in [2.75, 3.05) is 5.73 Å². The van der Waals surface area contributed by atoms with Crippen LogP contribution in [0, 0.1) is 5.92 Å². The van der Waals surface area contributed by atoms with Gasteiger partial charge in [-0.2, -0.15) is 0 Å². The summed E-state index contributed by atoms with van der Waals surface area (Å²) in [6, 6.07) is 2.15. The Morgan fingerprint density at radius 1 is 1.38 bits per heavy atom. The van der Waals surface area contributed by atoms with Gasteiger partial charge >= 0.3 is 0 Å². The maximum atomic E-state index is 11.6. The first-order chi connectivity index (χ1) is 12.4. The summed E-state index contributed by atoms with van der Waals surface area (Å²) in [6.45, 7) is 8.22. The monoisotopic (exact) mass is 377 g/mol. The van der Waals surface area contributed by atoms with Gasteiger partial charge < -0.3 is 16.6 Å². The number of aliphatic hydroxyl groups is 1. The van der Waals surface area contributed by atoms with E-state index in [2.05, 4.69) is 19.9 Å². The molecule has 0 aliphatic heterocycles. The third-order valence-corrected chi connectivity index (χ3v) is 6.20.